The van der Waals surface area contributed by atoms with Gasteiger partial charge >= 0.3 is 6.09 Å². The Balaban J connectivity index is 1.68. The molecule has 1 amide bonds. The van der Waals surface area contributed by atoms with Crippen molar-refractivity contribution in [2.75, 3.05) is 24.6 Å². The van der Waals surface area contributed by atoms with Gasteiger partial charge in [-0.05, 0) is 55.0 Å². The summed E-state index contributed by atoms with van der Waals surface area (Å²) in [4.78, 5) is 16.8. The van der Waals surface area contributed by atoms with Crippen LogP contribution in [0, 0.1) is 11.6 Å². The van der Waals surface area contributed by atoms with Crippen LogP contribution in [0.5, 0.6) is 0 Å². The van der Waals surface area contributed by atoms with Crippen LogP contribution in [0.2, 0.25) is 0 Å². The first-order chi connectivity index (χ1) is 16.5. The topological polar surface area (TPSA) is 134 Å². The van der Waals surface area contributed by atoms with E-state index in [9.17, 15) is 27.1 Å². The number of rotatable bonds is 8. The molecule has 0 saturated heterocycles. The normalized spacial score (nSPS) is 13.0. The number of hydrogen-bond acceptors (Lipinski definition) is 8. The van der Waals surface area contributed by atoms with Gasteiger partial charge in [-0.15, -0.1) is 11.3 Å². The molecule has 0 aliphatic carbocycles. The van der Waals surface area contributed by atoms with Gasteiger partial charge in [0.2, 0.25) is 10.0 Å². The zero-order valence-electron chi connectivity index (χ0n) is 18.6. The molecule has 0 aliphatic rings. The third-order valence-corrected chi connectivity index (χ3v) is 7.88. The number of likely N-dealkylation sites (N-methyl/N-ethyl adjacent to an activating group) is 1. The molecule has 0 bridgehead atoms. The Bertz CT molecular complexity index is 1330. The molecule has 186 valence electrons. The van der Waals surface area contributed by atoms with Crippen LogP contribution in [0.4, 0.5) is 24.3 Å². The van der Waals surface area contributed by atoms with Crippen molar-refractivity contribution in [3.8, 4) is 0 Å². The predicted molar refractivity (Wildman–Crippen MR) is 129 cm³/mol. The fourth-order valence-corrected chi connectivity index (χ4v) is 5.36. The van der Waals surface area contributed by atoms with E-state index in [-0.39, 0.29) is 22.2 Å². The average molecular weight is 525 g/mol. The molecule has 0 fully saturated rings. The highest BCUT2D eigenvalue weighted by molar-refractivity contribution is 7.89. The smallest absolute Gasteiger partial charge is 0.389 e. The average Bonchev–Trinajstić information content (AvgIpc) is 3.22. The zero-order valence-corrected chi connectivity index (χ0v) is 20.2. The number of anilines is 2. The van der Waals surface area contributed by atoms with Gasteiger partial charge in [-0.25, -0.2) is 22.0 Å². The summed E-state index contributed by atoms with van der Waals surface area (Å²) in [5, 5.41) is 16.4. The van der Waals surface area contributed by atoms with Gasteiger partial charge < -0.3 is 10.8 Å². The third-order valence-electron chi connectivity index (χ3n) is 4.81. The van der Waals surface area contributed by atoms with Crippen LogP contribution < -0.4 is 11.1 Å². The molecule has 4 N–H and O–H groups in total. The molecule has 1 aromatic heterocycles. The number of hydrogen-bond donors (Lipinski definition) is 3. The highest BCUT2D eigenvalue weighted by atomic mass is 32.2. The fraction of sp³-hybridized carbons (Fsp3) is 0.182. The molecule has 1 unspecified atom stereocenters. The van der Waals surface area contributed by atoms with Crippen molar-refractivity contribution in [1.82, 2.24) is 4.31 Å². The largest absolute Gasteiger partial charge is 0.437 e. The highest BCUT2D eigenvalue weighted by Gasteiger charge is 2.28. The lowest BCUT2D eigenvalue weighted by Gasteiger charge is -2.20. The van der Waals surface area contributed by atoms with E-state index >= 15 is 0 Å². The number of carbonyl (C=O) groups is 1. The second kappa shape index (κ2) is 10.9. The first-order valence-corrected chi connectivity index (χ1v) is 12.3. The number of sulfonamides is 1. The van der Waals surface area contributed by atoms with Crippen molar-refractivity contribution in [3.05, 3.63) is 76.7 Å². The number of nitrogen functional groups attached to an aromatic ring is 1. The summed E-state index contributed by atoms with van der Waals surface area (Å²) in [6.07, 6.45) is -2.12. The van der Waals surface area contributed by atoms with Crippen molar-refractivity contribution in [2.24, 2.45) is 5.16 Å². The summed E-state index contributed by atoms with van der Waals surface area (Å²) < 4.78 is 53.0. The molecule has 1 heterocycles. The molecule has 0 aliphatic heterocycles. The van der Waals surface area contributed by atoms with Gasteiger partial charge in [0.15, 0.2) is 0 Å². The van der Waals surface area contributed by atoms with E-state index in [1.54, 1.807) is 0 Å². The summed E-state index contributed by atoms with van der Waals surface area (Å²) in [6.45, 7) is 1.20. The van der Waals surface area contributed by atoms with Gasteiger partial charge in [0.1, 0.15) is 21.5 Å². The van der Waals surface area contributed by atoms with E-state index in [0.717, 1.165) is 27.8 Å². The number of halogens is 2. The van der Waals surface area contributed by atoms with Crippen LogP contribution in [-0.2, 0) is 14.9 Å². The Morgan fingerprint density at radius 3 is 2.34 bits per heavy atom. The minimum absolute atomic E-state index is 0.0200. The predicted octanol–water partition coefficient (Wildman–Crippen LogP) is 3.94. The number of amides is 1. The molecule has 2 aromatic carbocycles. The second-order valence-corrected chi connectivity index (χ2v) is 10.5. The molecule has 3 rings (SSSR count). The summed E-state index contributed by atoms with van der Waals surface area (Å²) in [7, 11) is -2.81. The lowest BCUT2D eigenvalue weighted by atomic mass is 10.1. The van der Waals surface area contributed by atoms with Crippen LogP contribution in [-0.4, -0.2) is 43.2 Å². The lowest BCUT2D eigenvalue weighted by molar-refractivity contribution is 0.155. The minimum atomic E-state index is -4.09. The van der Waals surface area contributed by atoms with Crippen LogP contribution >= 0.6 is 11.3 Å². The van der Waals surface area contributed by atoms with Crippen molar-refractivity contribution in [3.63, 3.8) is 0 Å². The maximum Gasteiger partial charge on any atom is 0.437 e. The highest BCUT2D eigenvalue weighted by Crippen LogP contribution is 2.32. The zero-order chi connectivity index (χ0) is 25.8. The summed E-state index contributed by atoms with van der Waals surface area (Å²) in [5.74, 6) is -0.941. The number of nitrogens with two attached hydrogens (primary N) is 1. The first kappa shape index (κ1) is 26.2. The maximum absolute atomic E-state index is 13.1. The van der Waals surface area contributed by atoms with E-state index in [2.05, 4.69) is 10.5 Å². The van der Waals surface area contributed by atoms with Gasteiger partial charge in [0.25, 0.3) is 0 Å². The van der Waals surface area contributed by atoms with Crippen molar-refractivity contribution < 1.29 is 31.9 Å². The summed E-state index contributed by atoms with van der Waals surface area (Å²) in [6, 6.07) is 11.4. The Morgan fingerprint density at radius 1 is 1.17 bits per heavy atom. The number of aliphatic hydroxyl groups is 1. The van der Waals surface area contributed by atoms with E-state index in [1.165, 1.54) is 56.4 Å². The molecular weight excluding hydrogens is 502 g/mol. The van der Waals surface area contributed by atoms with Gasteiger partial charge in [-0.3, -0.25) is 10.2 Å². The van der Waals surface area contributed by atoms with Crippen molar-refractivity contribution in [2.45, 2.75) is 17.9 Å². The number of nitrogens with one attached hydrogen (secondary N) is 1. The quantitative estimate of drug-likeness (QED) is 0.232. The minimum Gasteiger partial charge on any atom is -0.389 e. The lowest BCUT2D eigenvalue weighted by Crippen LogP contribution is -2.31. The Morgan fingerprint density at radius 2 is 1.74 bits per heavy atom. The molecule has 9 nitrogen and oxygen atoms in total. The standard InChI is InChI=1S/C22H22F2N4O5S2/c1-13(27-33-22(30)26-17-9-7-16(24)8-10-17)19-11-20(21(25)34-19)35(31,32)28(2)12-18(29)14-3-5-15(23)6-4-14/h3-11,18,29H,12,25H2,1-2H3,(H,26,30). The monoisotopic (exact) mass is 524 g/mol. The van der Waals surface area contributed by atoms with E-state index in [0.29, 0.717) is 16.1 Å². The van der Waals surface area contributed by atoms with E-state index < -0.39 is 33.9 Å². The van der Waals surface area contributed by atoms with Crippen LogP contribution in [0.3, 0.4) is 0 Å². The Kier molecular flexibility index (Phi) is 8.17. The molecule has 35 heavy (non-hydrogen) atoms. The van der Waals surface area contributed by atoms with E-state index in [1.807, 2.05) is 0 Å². The molecule has 3 aromatic rings. The SMILES string of the molecule is CC(=NOC(=O)Nc1ccc(F)cc1)c1cc(S(=O)(=O)N(C)CC(O)c2ccc(F)cc2)c(N)s1. The van der Waals surface area contributed by atoms with Crippen LogP contribution in [0.1, 0.15) is 23.5 Å². The Hall–Kier alpha value is -3.39. The second-order valence-electron chi connectivity index (χ2n) is 7.38. The summed E-state index contributed by atoms with van der Waals surface area (Å²) in [5.41, 5.74) is 6.77. The number of oxime groups is 1. The van der Waals surface area contributed by atoms with Gasteiger partial charge in [0, 0.05) is 19.3 Å². The van der Waals surface area contributed by atoms with Gasteiger partial charge in [-0.2, -0.15) is 4.31 Å². The molecule has 13 heteroatoms. The van der Waals surface area contributed by atoms with Crippen LogP contribution in [0.25, 0.3) is 0 Å². The Labute approximate surface area is 204 Å². The number of thiophene rings is 1. The molecular formula is C22H22F2N4O5S2. The molecule has 1 atom stereocenters. The molecule has 0 radical (unpaired) electrons. The first-order valence-electron chi connectivity index (χ1n) is 10.0. The summed E-state index contributed by atoms with van der Waals surface area (Å²) >= 11 is 0.924. The third kappa shape index (κ3) is 6.60. The van der Waals surface area contributed by atoms with Crippen molar-refractivity contribution >= 4 is 43.9 Å². The van der Waals surface area contributed by atoms with Gasteiger partial charge in [0.05, 0.1) is 16.7 Å². The fourth-order valence-electron chi connectivity index (χ4n) is 2.90. The molecule has 0 saturated carbocycles. The number of aliphatic hydroxyl groups excluding tert-OH is 1. The van der Waals surface area contributed by atoms with Gasteiger partial charge in [-0.1, -0.05) is 17.3 Å². The van der Waals surface area contributed by atoms with E-state index in [4.69, 9.17) is 10.6 Å². The number of carbonyl (C=O) groups excluding carboxylic acids is 1. The molecule has 0 spiro atoms. The maximum atomic E-state index is 13.1. The van der Waals surface area contributed by atoms with Crippen LogP contribution in [0.15, 0.2) is 64.6 Å². The van der Waals surface area contributed by atoms with Crippen molar-refractivity contribution in [1.29, 1.82) is 0 Å². The number of nitrogens with zero attached hydrogens (tertiary/aromatic N) is 2. The number of benzene rings is 2.